The first kappa shape index (κ1) is 87.9. The molecule has 0 unspecified atom stereocenters. The fourth-order valence-electron chi connectivity index (χ4n) is 0. The van der Waals surface area contributed by atoms with Gasteiger partial charge in [0.1, 0.15) is 0 Å². The maximum absolute atomic E-state index is 0. The van der Waals surface area contributed by atoms with Crippen molar-refractivity contribution in [3.8, 4) is 0 Å². The molecule has 4 heavy (non-hydrogen) atoms. The molecule has 28 valence electrons. The topological polar surface area (TPSA) is 0 Å². The maximum atomic E-state index is 0. The molecule has 0 saturated heterocycles. The van der Waals surface area contributed by atoms with E-state index in [-0.39, 0.29) is 47.5 Å². The van der Waals surface area contributed by atoms with Gasteiger partial charge in [-0.1, -0.05) is 14.9 Å². The van der Waals surface area contributed by atoms with Gasteiger partial charge in [0.15, 0.2) is 0 Å². The number of hydrogen-bond donors (Lipinski definition) is 0. The molecule has 0 spiro atoms. The summed E-state index contributed by atoms with van der Waals surface area (Å²) in [5.74, 6) is 0. The quantitative estimate of drug-likeness (QED) is 0.381. The standard InChI is InChI=1S/2CH4.H4Si.Ti/h3*1H4;. The maximum Gasteiger partial charge on any atom is 0 e. The van der Waals surface area contributed by atoms with Gasteiger partial charge >= 0.3 is 0 Å². The first-order valence-electron chi connectivity index (χ1n) is 0. The van der Waals surface area contributed by atoms with E-state index in [1.54, 1.807) is 0 Å². The van der Waals surface area contributed by atoms with E-state index < -0.39 is 0 Å². The molecule has 0 aromatic rings. The minimum atomic E-state index is 0. The number of hydrogen-bond acceptors (Lipinski definition) is 0. The summed E-state index contributed by atoms with van der Waals surface area (Å²) in [6.07, 6.45) is 0. The van der Waals surface area contributed by atoms with Gasteiger partial charge in [0.25, 0.3) is 0 Å². The first-order chi connectivity index (χ1) is 0. The van der Waals surface area contributed by atoms with Crippen molar-refractivity contribution >= 4 is 11.0 Å². The smallest absolute Gasteiger partial charge is 0 e. The molecule has 0 aliphatic carbocycles. The van der Waals surface area contributed by atoms with Crippen LogP contribution < -0.4 is 0 Å². The predicted molar refractivity (Wildman–Crippen MR) is 24.8 cm³/mol. The molecule has 0 amide bonds. The van der Waals surface area contributed by atoms with Gasteiger partial charge in [-0.05, 0) is 11.0 Å². The average Bonchev–Trinajstić information content (AvgIpc) is 0. The summed E-state index contributed by atoms with van der Waals surface area (Å²) >= 11 is 0. The van der Waals surface area contributed by atoms with Crippen molar-refractivity contribution in [1.29, 1.82) is 0 Å². The molecular weight excluding hydrogens is 100.0 g/mol. The van der Waals surface area contributed by atoms with E-state index in [1.165, 1.54) is 0 Å². The van der Waals surface area contributed by atoms with Gasteiger partial charge in [-0.15, -0.1) is 0 Å². The zero-order chi connectivity index (χ0) is 0. The third kappa shape index (κ3) is 12.6. The summed E-state index contributed by atoms with van der Waals surface area (Å²) in [4.78, 5) is 0. The van der Waals surface area contributed by atoms with Crippen LogP contribution >= 0.6 is 0 Å². The van der Waals surface area contributed by atoms with Crippen LogP contribution in [0.3, 0.4) is 0 Å². The summed E-state index contributed by atoms with van der Waals surface area (Å²) in [5.41, 5.74) is 0. The zero-order valence-corrected chi connectivity index (χ0v) is 2.06. The van der Waals surface area contributed by atoms with Crippen molar-refractivity contribution < 1.29 is 21.7 Å². The molecule has 0 N–H and O–H groups in total. The van der Waals surface area contributed by atoms with E-state index in [4.69, 9.17) is 0 Å². The minimum absolute atomic E-state index is 0. The van der Waals surface area contributed by atoms with E-state index in [2.05, 4.69) is 0 Å². The van der Waals surface area contributed by atoms with Crippen molar-refractivity contribution in [1.82, 2.24) is 0 Å². The van der Waals surface area contributed by atoms with Crippen molar-refractivity contribution in [2.45, 2.75) is 14.9 Å². The van der Waals surface area contributed by atoms with Crippen LogP contribution in [0.2, 0.25) is 0 Å². The van der Waals surface area contributed by atoms with Crippen LogP contribution in [-0.4, -0.2) is 11.0 Å². The van der Waals surface area contributed by atoms with Gasteiger partial charge in [0.05, 0.1) is 0 Å². The zero-order valence-electron chi connectivity index (χ0n) is 0.500. The monoisotopic (exact) mass is 112 g/mol. The van der Waals surface area contributed by atoms with E-state index in [9.17, 15) is 0 Å². The van der Waals surface area contributed by atoms with Crippen molar-refractivity contribution in [2.24, 2.45) is 0 Å². The van der Waals surface area contributed by atoms with Gasteiger partial charge in [-0.25, -0.2) is 0 Å². The van der Waals surface area contributed by atoms with Crippen LogP contribution in [0.1, 0.15) is 14.9 Å². The molecule has 0 saturated carbocycles. The van der Waals surface area contributed by atoms with Crippen LogP contribution in [0.15, 0.2) is 0 Å². The fourth-order valence-corrected chi connectivity index (χ4v) is 0. The Balaban J connectivity index is 0. The molecule has 0 aromatic carbocycles. The Bertz CT molecular complexity index is 6.00. The largest absolute Gasteiger partial charge is 0.0776 e. The van der Waals surface area contributed by atoms with Gasteiger partial charge in [0, 0.05) is 21.7 Å². The van der Waals surface area contributed by atoms with Gasteiger partial charge in [0.2, 0.25) is 0 Å². The average molecular weight is 112 g/mol. The molecule has 2 heteroatoms. The van der Waals surface area contributed by atoms with E-state index in [0.29, 0.717) is 0 Å². The van der Waals surface area contributed by atoms with Crippen LogP contribution in [0, 0.1) is 0 Å². The summed E-state index contributed by atoms with van der Waals surface area (Å²) in [6, 6.07) is 0. The summed E-state index contributed by atoms with van der Waals surface area (Å²) in [7, 11) is 0. The molecule has 0 heterocycles. The molecular formula is C2H12SiTi. The molecule has 0 radical (unpaired) electrons. The van der Waals surface area contributed by atoms with Gasteiger partial charge in [-0.3, -0.25) is 0 Å². The Hall–Kier alpha value is 0.931. The van der Waals surface area contributed by atoms with E-state index in [0.717, 1.165) is 0 Å². The third-order valence-corrected chi connectivity index (χ3v) is 0. The van der Waals surface area contributed by atoms with Crippen LogP contribution in [0.4, 0.5) is 0 Å². The van der Waals surface area contributed by atoms with Crippen molar-refractivity contribution in [3.05, 3.63) is 0 Å². The van der Waals surface area contributed by atoms with Crippen LogP contribution in [0.5, 0.6) is 0 Å². The Labute approximate surface area is 47.9 Å². The molecule has 0 bridgehead atoms. The van der Waals surface area contributed by atoms with Gasteiger partial charge < -0.3 is 0 Å². The van der Waals surface area contributed by atoms with Gasteiger partial charge in [-0.2, -0.15) is 0 Å². The molecule has 0 aliphatic rings. The van der Waals surface area contributed by atoms with E-state index >= 15 is 0 Å². The molecule has 0 aliphatic heterocycles. The molecule has 0 nitrogen and oxygen atoms in total. The molecule has 0 fully saturated rings. The van der Waals surface area contributed by atoms with Crippen LogP contribution in [-0.2, 0) is 21.7 Å². The van der Waals surface area contributed by atoms with Crippen LogP contribution in [0.25, 0.3) is 0 Å². The second kappa shape index (κ2) is 39.0. The second-order valence-corrected chi connectivity index (χ2v) is 0. The predicted octanol–water partition coefficient (Wildman–Crippen LogP) is -0.182. The molecule has 0 rings (SSSR count). The third-order valence-electron chi connectivity index (χ3n) is 0. The molecule has 0 aromatic heterocycles. The Morgan fingerprint density at radius 3 is 0.750 bits per heavy atom. The Morgan fingerprint density at radius 1 is 0.750 bits per heavy atom. The fraction of sp³-hybridized carbons (Fsp3) is 1.00. The molecule has 0 atom stereocenters. The first-order valence-corrected chi connectivity index (χ1v) is 0. The summed E-state index contributed by atoms with van der Waals surface area (Å²) < 4.78 is 0. The Kier molecular flexibility index (Phi) is 856. The Morgan fingerprint density at radius 2 is 0.750 bits per heavy atom. The second-order valence-electron chi connectivity index (χ2n) is 0. The summed E-state index contributed by atoms with van der Waals surface area (Å²) in [6.45, 7) is 0. The number of rotatable bonds is 0. The SMILES string of the molecule is C.C.[SiH4].[Ti]. The minimum Gasteiger partial charge on any atom is -0.0776 e. The normalized spacial score (nSPS) is 0. The van der Waals surface area contributed by atoms with E-state index in [1.807, 2.05) is 0 Å². The van der Waals surface area contributed by atoms with Crippen molar-refractivity contribution in [3.63, 3.8) is 0 Å². The summed E-state index contributed by atoms with van der Waals surface area (Å²) in [5, 5.41) is 0. The van der Waals surface area contributed by atoms with Crippen molar-refractivity contribution in [2.75, 3.05) is 0 Å².